The topological polar surface area (TPSA) is 155 Å². The fraction of sp³-hybridized carbons (Fsp3) is 0.875. The van der Waals surface area contributed by atoms with Crippen molar-refractivity contribution in [3.8, 4) is 0 Å². The van der Waals surface area contributed by atoms with E-state index in [1.165, 1.54) is 0 Å². The average molecular weight is 541 g/mol. The monoisotopic (exact) mass is 540 g/mol. The first-order valence-electron chi connectivity index (χ1n) is 12.5. The fourth-order valence-corrected chi connectivity index (χ4v) is 2.37. The van der Waals surface area contributed by atoms with E-state index in [0.29, 0.717) is 92.5 Å². The predicted octanol–water partition coefficient (Wildman–Crippen LogP) is 0.505. The van der Waals surface area contributed by atoms with Crippen molar-refractivity contribution < 1.29 is 62.1 Å². The molecule has 0 unspecified atom stereocenters. The minimum atomic E-state index is -1.56. The van der Waals surface area contributed by atoms with E-state index in [9.17, 15) is 14.4 Å². The Balaban J connectivity index is 3.14. The molecule has 0 atom stereocenters. The second-order valence-electron chi connectivity index (χ2n) is 7.65. The molecule has 0 amide bonds. The van der Waals surface area contributed by atoms with E-state index in [2.05, 4.69) is 0 Å². The van der Waals surface area contributed by atoms with E-state index >= 15 is 0 Å². The van der Waals surface area contributed by atoms with Gasteiger partial charge in [0.25, 0.3) is 0 Å². The van der Waals surface area contributed by atoms with E-state index in [4.69, 9.17) is 47.7 Å². The summed E-state index contributed by atoms with van der Waals surface area (Å²) in [7, 11) is 0. The van der Waals surface area contributed by atoms with Crippen molar-refractivity contribution in [1.82, 2.24) is 0 Å². The number of hydrogen-bond donors (Lipinski definition) is 1. The molecule has 0 fully saturated rings. The third kappa shape index (κ3) is 28.7. The maximum Gasteiger partial charge on any atom is 0.372 e. The summed E-state index contributed by atoms with van der Waals surface area (Å²) < 4.78 is 47.8. The number of hydrogen-bond acceptors (Lipinski definition) is 12. The maximum atomic E-state index is 11.3. The Bertz CT molecular complexity index is 557. The highest BCUT2D eigenvalue weighted by Gasteiger charge is 2.14. The Morgan fingerprint density at radius 3 is 1.16 bits per heavy atom. The van der Waals surface area contributed by atoms with Gasteiger partial charge in [-0.25, -0.2) is 4.79 Å². The number of Topliss-reactive ketones (excluding diaryl/α,β-unsaturated/α-hetero) is 1. The van der Waals surface area contributed by atoms with E-state index in [0.717, 1.165) is 0 Å². The first-order chi connectivity index (χ1) is 17.9. The molecule has 13 heteroatoms. The van der Waals surface area contributed by atoms with Crippen molar-refractivity contribution in [3.05, 3.63) is 0 Å². The van der Waals surface area contributed by atoms with E-state index < -0.39 is 17.7 Å². The minimum absolute atomic E-state index is 0.0206. The van der Waals surface area contributed by atoms with Crippen LogP contribution in [0.1, 0.15) is 26.7 Å². The first-order valence-corrected chi connectivity index (χ1v) is 12.5. The van der Waals surface area contributed by atoms with Crippen LogP contribution >= 0.6 is 0 Å². The summed E-state index contributed by atoms with van der Waals surface area (Å²) in [6.07, 6.45) is -0.432. The average Bonchev–Trinajstić information content (AvgIpc) is 2.86. The quantitative estimate of drug-likeness (QED) is 0.0796. The lowest BCUT2D eigenvalue weighted by atomic mass is 10.2. The van der Waals surface area contributed by atoms with E-state index in [-0.39, 0.29) is 32.2 Å². The van der Waals surface area contributed by atoms with Crippen LogP contribution in [0.25, 0.3) is 0 Å². The van der Waals surface area contributed by atoms with Crippen LogP contribution in [0.4, 0.5) is 0 Å². The number of aliphatic carboxylic acids is 1. The summed E-state index contributed by atoms with van der Waals surface area (Å²) in [6, 6.07) is 0. The molecule has 0 aliphatic rings. The van der Waals surface area contributed by atoms with Crippen LogP contribution in [0.2, 0.25) is 0 Å². The number of carboxylic acids is 1. The minimum Gasteiger partial charge on any atom is -0.476 e. The van der Waals surface area contributed by atoms with Crippen LogP contribution in [-0.4, -0.2) is 135 Å². The van der Waals surface area contributed by atoms with Gasteiger partial charge in [-0.1, -0.05) is 0 Å². The predicted molar refractivity (Wildman–Crippen MR) is 130 cm³/mol. The molecule has 0 saturated heterocycles. The number of rotatable bonds is 29. The van der Waals surface area contributed by atoms with Crippen LogP contribution in [0.3, 0.4) is 0 Å². The van der Waals surface area contributed by atoms with E-state index in [1.54, 1.807) is 0 Å². The Morgan fingerprint density at radius 1 is 0.514 bits per heavy atom. The molecule has 13 nitrogen and oxygen atoms in total. The standard InChI is InChI=1S/C24H44O13/c1-21(2)36-19-17-34-15-13-32-11-9-30-7-5-29-6-8-31-10-12-33-14-16-35-18-20-37-23(26)4-3-22(25)24(27)28/h21H,3-20H2,1-2H3,(H,27,28). The summed E-state index contributed by atoms with van der Waals surface area (Å²) >= 11 is 0. The fourth-order valence-electron chi connectivity index (χ4n) is 2.37. The van der Waals surface area contributed by atoms with Gasteiger partial charge in [0.1, 0.15) is 6.61 Å². The van der Waals surface area contributed by atoms with Gasteiger partial charge in [0.05, 0.1) is 112 Å². The lowest BCUT2D eigenvalue weighted by Gasteiger charge is -2.09. The Kier molecular flexibility index (Phi) is 26.1. The summed E-state index contributed by atoms with van der Waals surface area (Å²) in [5, 5.41) is 8.41. The zero-order valence-corrected chi connectivity index (χ0v) is 22.2. The molecule has 0 aromatic carbocycles. The molecule has 1 N–H and O–H groups in total. The van der Waals surface area contributed by atoms with Crippen LogP contribution in [0.5, 0.6) is 0 Å². The number of ketones is 1. The van der Waals surface area contributed by atoms with Crippen molar-refractivity contribution >= 4 is 17.7 Å². The molecule has 0 radical (unpaired) electrons. The zero-order chi connectivity index (χ0) is 27.4. The van der Waals surface area contributed by atoms with Crippen LogP contribution in [0.15, 0.2) is 0 Å². The van der Waals surface area contributed by atoms with Gasteiger partial charge in [-0.3, -0.25) is 9.59 Å². The molecule has 0 spiro atoms. The van der Waals surface area contributed by atoms with E-state index in [1.807, 2.05) is 13.8 Å². The van der Waals surface area contributed by atoms with Crippen molar-refractivity contribution in [1.29, 1.82) is 0 Å². The highest BCUT2D eigenvalue weighted by molar-refractivity contribution is 6.32. The highest BCUT2D eigenvalue weighted by Crippen LogP contribution is 1.95. The van der Waals surface area contributed by atoms with Crippen molar-refractivity contribution in [3.63, 3.8) is 0 Å². The maximum absolute atomic E-state index is 11.3. The van der Waals surface area contributed by atoms with Gasteiger partial charge in [-0.2, -0.15) is 0 Å². The lowest BCUT2D eigenvalue weighted by Crippen LogP contribution is -2.17. The first kappa shape index (κ1) is 35.3. The van der Waals surface area contributed by atoms with Crippen molar-refractivity contribution in [2.24, 2.45) is 0 Å². The summed E-state index contributed by atoms with van der Waals surface area (Å²) in [5.74, 6) is -3.23. The normalized spacial score (nSPS) is 11.2. The van der Waals surface area contributed by atoms with Crippen LogP contribution in [0, 0.1) is 0 Å². The number of carbonyl (C=O) groups excluding carboxylic acids is 2. The lowest BCUT2D eigenvalue weighted by molar-refractivity contribution is -0.151. The smallest absolute Gasteiger partial charge is 0.372 e. The zero-order valence-electron chi connectivity index (χ0n) is 22.2. The molecule has 0 saturated carbocycles. The number of carboxylic acid groups (broad SMARTS) is 1. The molecular formula is C24H44O13. The second kappa shape index (κ2) is 27.3. The number of ether oxygens (including phenoxy) is 9. The molecule has 218 valence electrons. The molecular weight excluding hydrogens is 496 g/mol. The Morgan fingerprint density at radius 2 is 0.838 bits per heavy atom. The van der Waals surface area contributed by atoms with Gasteiger partial charge in [0, 0.05) is 6.42 Å². The van der Waals surface area contributed by atoms with Gasteiger partial charge in [-0.15, -0.1) is 0 Å². The SMILES string of the molecule is CC(C)OCCOCCOCCOCCOCCOCCOCCOCCOC(=O)CCC(=O)C(=O)O. The largest absolute Gasteiger partial charge is 0.476 e. The molecule has 0 bridgehead atoms. The Hall–Kier alpha value is -1.71. The third-order valence-electron chi connectivity index (χ3n) is 4.20. The van der Waals surface area contributed by atoms with Crippen LogP contribution in [-0.2, 0) is 57.0 Å². The second-order valence-corrected chi connectivity index (χ2v) is 7.65. The molecule has 0 aliphatic carbocycles. The summed E-state index contributed by atoms with van der Waals surface area (Å²) in [5.41, 5.74) is 0. The molecule has 0 aliphatic heterocycles. The third-order valence-corrected chi connectivity index (χ3v) is 4.20. The summed E-state index contributed by atoms with van der Waals surface area (Å²) in [4.78, 5) is 32.5. The van der Waals surface area contributed by atoms with Gasteiger partial charge >= 0.3 is 11.9 Å². The Labute approximate surface area is 218 Å². The summed E-state index contributed by atoms with van der Waals surface area (Å²) in [6.45, 7) is 10.8. The molecule has 0 rings (SSSR count). The van der Waals surface area contributed by atoms with Gasteiger partial charge < -0.3 is 47.7 Å². The molecule has 0 aromatic rings. The van der Waals surface area contributed by atoms with Crippen molar-refractivity contribution in [2.45, 2.75) is 32.8 Å². The molecule has 37 heavy (non-hydrogen) atoms. The van der Waals surface area contributed by atoms with Gasteiger partial charge in [0.2, 0.25) is 5.78 Å². The number of carbonyl (C=O) groups is 3. The van der Waals surface area contributed by atoms with Gasteiger partial charge in [-0.05, 0) is 13.8 Å². The molecule has 0 aromatic heterocycles. The van der Waals surface area contributed by atoms with Gasteiger partial charge in [0.15, 0.2) is 0 Å². The number of esters is 1. The van der Waals surface area contributed by atoms with Crippen molar-refractivity contribution in [2.75, 3.05) is 106 Å². The highest BCUT2D eigenvalue weighted by atomic mass is 16.6. The molecule has 0 heterocycles. The van der Waals surface area contributed by atoms with Crippen LogP contribution < -0.4 is 0 Å².